The van der Waals surface area contributed by atoms with Gasteiger partial charge in [0.25, 0.3) is 15.9 Å². The van der Waals surface area contributed by atoms with Crippen molar-refractivity contribution in [3.63, 3.8) is 0 Å². The van der Waals surface area contributed by atoms with E-state index >= 15 is 0 Å². The molecule has 0 atom stereocenters. The Bertz CT molecular complexity index is 1430. The number of carbonyl (C=O) groups excluding carboxylic acids is 2. The number of ether oxygens (including phenoxy) is 2. The van der Waals surface area contributed by atoms with Gasteiger partial charge in [-0.1, -0.05) is 23.2 Å². The minimum atomic E-state index is -4.27. The Balaban J connectivity index is 1.39. The van der Waals surface area contributed by atoms with Crippen LogP contribution in [0.25, 0.3) is 0 Å². The van der Waals surface area contributed by atoms with Crippen molar-refractivity contribution >= 4 is 62.2 Å². The van der Waals surface area contributed by atoms with Gasteiger partial charge in [-0.05, 0) is 60.7 Å². The molecule has 0 unspecified atom stereocenters. The molecule has 3 aromatic carbocycles. The third kappa shape index (κ3) is 6.93. The quantitative estimate of drug-likeness (QED) is 0.375. The zero-order valence-electron chi connectivity index (χ0n) is 19.7. The maximum atomic E-state index is 13.1. The van der Waals surface area contributed by atoms with Crippen molar-refractivity contribution in [2.75, 3.05) is 47.8 Å². The van der Waals surface area contributed by atoms with Crippen molar-refractivity contribution in [1.82, 2.24) is 0 Å². The Kier molecular flexibility index (Phi) is 8.72. The highest BCUT2D eigenvalue weighted by atomic mass is 35.5. The van der Waals surface area contributed by atoms with E-state index in [1.807, 2.05) is 12.1 Å². The van der Waals surface area contributed by atoms with Crippen LogP contribution in [0.2, 0.25) is 10.0 Å². The lowest BCUT2D eigenvalue weighted by atomic mass is 10.2. The van der Waals surface area contributed by atoms with Gasteiger partial charge in [-0.2, -0.15) is 0 Å². The van der Waals surface area contributed by atoms with Crippen molar-refractivity contribution < 1.29 is 31.9 Å². The number of hydrogen-bond acceptors (Lipinski definition) is 7. The maximum absolute atomic E-state index is 13.1. The average Bonchev–Trinajstić information content (AvgIpc) is 2.89. The molecule has 0 spiro atoms. The van der Waals surface area contributed by atoms with E-state index in [9.17, 15) is 22.4 Å². The Morgan fingerprint density at radius 3 is 2.24 bits per heavy atom. The van der Waals surface area contributed by atoms with Crippen molar-refractivity contribution in [2.24, 2.45) is 0 Å². The summed E-state index contributed by atoms with van der Waals surface area (Å²) in [6, 6.07) is 13.8. The van der Waals surface area contributed by atoms with E-state index in [1.165, 1.54) is 12.1 Å². The van der Waals surface area contributed by atoms with Crippen LogP contribution in [0.5, 0.6) is 0 Å². The van der Waals surface area contributed by atoms with Crippen LogP contribution in [0.1, 0.15) is 10.4 Å². The number of amides is 1. The van der Waals surface area contributed by atoms with Gasteiger partial charge < -0.3 is 19.7 Å². The van der Waals surface area contributed by atoms with E-state index < -0.39 is 39.2 Å². The highest BCUT2D eigenvalue weighted by Gasteiger charge is 2.24. The molecule has 2 N–H and O–H groups in total. The molecule has 13 heteroatoms. The number of morpholine rings is 1. The molecule has 200 valence electrons. The molecule has 1 amide bonds. The van der Waals surface area contributed by atoms with E-state index in [1.54, 1.807) is 12.1 Å². The lowest BCUT2D eigenvalue weighted by Crippen LogP contribution is -2.36. The molecule has 0 radical (unpaired) electrons. The molecule has 9 nitrogen and oxygen atoms in total. The lowest BCUT2D eigenvalue weighted by molar-refractivity contribution is -0.119. The van der Waals surface area contributed by atoms with Gasteiger partial charge >= 0.3 is 5.97 Å². The van der Waals surface area contributed by atoms with Gasteiger partial charge in [-0.15, -0.1) is 0 Å². The fraction of sp³-hybridized carbons (Fsp3) is 0.200. The number of anilines is 3. The van der Waals surface area contributed by atoms with Crippen LogP contribution in [0.3, 0.4) is 0 Å². The number of rotatable bonds is 8. The Morgan fingerprint density at radius 1 is 0.947 bits per heavy atom. The second kappa shape index (κ2) is 12.0. The minimum absolute atomic E-state index is 0.0798. The second-order valence-electron chi connectivity index (χ2n) is 8.15. The first-order valence-corrected chi connectivity index (χ1v) is 13.5. The molecular weight excluding hydrogens is 560 g/mol. The van der Waals surface area contributed by atoms with E-state index in [-0.39, 0.29) is 21.3 Å². The molecule has 1 aliphatic heterocycles. The Labute approximate surface area is 228 Å². The summed E-state index contributed by atoms with van der Waals surface area (Å²) in [5, 5.41) is 2.21. The highest BCUT2D eigenvalue weighted by Crippen LogP contribution is 2.30. The van der Waals surface area contributed by atoms with Gasteiger partial charge in [-0.3, -0.25) is 9.52 Å². The third-order valence-corrected chi connectivity index (χ3v) is 7.65. The normalized spacial score (nSPS) is 13.6. The monoisotopic (exact) mass is 581 g/mol. The molecule has 4 rings (SSSR count). The molecular formula is C25H22Cl2FN3O6S. The molecule has 3 aromatic rings. The molecule has 38 heavy (non-hydrogen) atoms. The van der Waals surface area contributed by atoms with Gasteiger partial charge in [0.15, 0.2) is 6.61 Å². The molecule has 0 aromatic heterocycles. The summed E-state index contributed by atoms with van der Waals surface area (Å²) in [5.74, 6) is -2.17. The van der Waals surface area contributed by atoms with Gasteiger partial charge in [0.2, 0.25) is 0 Å². The fourth-order valence-corrected chi connectivity index (χ4v) is 5.51. The van der Waals surface area contributed by atoms with Gasteiger partial charge in [0.1, 0.15) is 10.7 Å². The van der Waals surface area contributed by atoms with Crippen LogP contribution in [0.4, 0.5) is 21.5 Å². The smallest absolute Gasteiger partial charge is 0.340 e. The SMILES string of the molecule is O=C(COC(=O)c1cc(S(=O)(=O)Nc2ccc(F)cc2)c(Cl)cc1Cl)Nc1ccc(N2CCOCC2)cc1. The number of hydrogen-bond donors (Lipinski definition) is 2. The number of carbonyl (C=O) groups is 2. The van der Waals surface area contributed by atoms with Crippen LogP contribution >= 0.6 is 23.2 Å². The summed E-state index contributed by atoms with van der Waals surface area (Å²) in [5.41, 5.74) is 1.28. The molecule has 1 heterocycles. The van der Waals surface area contributed by atoms with Gasteiger partial charge in [0.05, 0.1) is 28.8 Å². The zero-order chi connectivity index (χ0) is 27.3. The van der Waals surface area contributed by atoms with Crippen LogP contribution in [-0.4, -0.2) is 53.2 Å². The second-order valence-corrected chi connectivity index (χ2v) is 10.6. The maximum Gasteiger partial charge on any atom is 0.340 e. The average molecular weight is 582 g/mol. The predicted molar refractivity (Wildman–Crippen MR) is 142 cm³/mol. The van der Waals surface area contributed by atoms with Crippen LogP contribution < -0.4 is 14.9 Å². The molecule has 0 bridgehead atoms. The summed E-state index contributed by atoms with van der Waals surface area (Å²) in [6.45, 7) is 2.22. The standard InChI is InChI=1S/C25H22Cl2FN3O6S/c26-21-14-22(27)23(38(34,35)30-18-3-1-16(28)2-4-18)13-20(21)25(33)37-15-24(32)29-17-5-7-19(8-6-17)31-9-11-36-12-10-31/h1-8,13-14,30H,9-12,15H2,(H,29,32). The van der Waals surface area contributed by atoms with Gasteiger partial charge in [-0.25, -0.2) is 17.6 Å². The number of nitrogens with zero attached hydrogens (tertiary/aromatic N) is 1. The van der Waals surface area contributed by atoms with Gasteiger partial charge in [0, 0.05) is 30.2 Å². The summed E-state index contributed by atoms with van der Waals surface area (Å²) >= 11 is 12.2. The third-order valence-electron chi connectivity index (χ3n) is 5.49. The van der Waals surface area contributed by atoms with Crippen LogP contribution in [0, 0.1) is 5.82 Å². The summed E-state index contributed by atoms with van der Waals surface area (Å²) < 4.78 is 51.4. The molecule has 1 fully saturated rings. The first-order chi connectivity index (χ1) is 18.1. The summed E-state index contributed by atoms with van der Waals surface area (Å²) in [7, 11) is -4.27. The van der Waals surface area contributed by atoms with Crippen molar-refractivity contribution in [3.8, 4) is 0 Å². The number of esters is 1. The first kappa shape index (κ1) is 27.6. The van der Waals surface area contributed by atoms with Crippen LogP contribution in [-0.2, 0) is 24.3 Å². The van der Waals surface area contributed by atoms with E-state index in [2.05, 4.69) is 14.9 Å². The van der Waals surface area contributed by atoms with E-state index in [0.29, 0.717) is 18.9 Å². The fourth-order valence-electron chi connectivity index (χ4n) is 3.60. The molecule has 1 saturated heterocycles. The van der Waals surface area contributed by atoms with Crippen molar-refractivity contribution in [3.05, 3.63) is 82.1 Å². The number of sulfonamides is 1. The van der Waals surface area contributed by atoms with Crippen LogP contribution in [0.15, 0.2) is 65.6 Å². The summed E-state index contributed by atoms with van der Waals surface area (Å²) in [6.07, 6.45) is 0. The number of halogens is 3. The Hall–Kier alpha value is -3.38. The minimum Gasteiger partial charge on any atom is -0.452 e. The lowest BCUT2D eigenvalue weighted by Gasteiger charge is -2.28. The van der Waals surface area contributed by atoms with E-state index in [0.717, 1.165) is 43.0 Å². The number of nitrogens with one attached hydrogen (secondary N) is 2. The zero-order valence-corrected chi connectivity index (χ0v) is 22.1. The summed E-state index contributed by atoms with van der Waals surface area (Å²) in [4.78, 5) is 26.7. The van der Waals surface area contributed by atoms with Crippen molar-refractivity contribution in [1.29, 1.82) is 0 Å². The molecule has 0 aliphatic carbocycles. The Morgan fingerprint density at radius 2 is 1.58 bits per heavy atom. The predicted octanol–water partition coefficient (Wildman–Crippen LogP) is 4.57. The number of benzene rings is 3. The first-order valence-electron chi connectivity index (χ1n) is 11.3. The molecule has 1 aliphatic rings. The van der Waals surface area contributed by atoms with Crippen molar-refractivity contribution in [2.45, 2.75) is 4.90 Å². The largest absolute Gasteiger partial charge is 0.452 e. The highest BCUT2D eigenvalue weighted by molar-refractivity contribution is 7.92. The molecule has 0 saturated carbocycles. The topological polar surface area (TPSA) is 114 Å². The van der Waals surface area contributed by atoms with E-state index in [4.69, 9.17) is 32.7 Å².